The zero-order chi connectivity index (χ0) is 15.1. The molecule has 2 rings (SSSR count). The fourth-order valence-corrected chi connectivity index (χ4v) is 2.22. The monoisotopic (exact) mass is 283 g/mol. The number of pyridine rings is 1. The van der Waals surface area contributed by atoms with Crippen LogP contribution >= 0.6 is 0 Å². The molecule has 0 spiro atoms. The normalized spacial score (nSPS) is 11.9. The number of benzene rings is 1. The lowest BCUT2D eigenvalue weighted by molar-refractivity contribution is -0.122. The number of hydrogen-bond donors (Lipinski definition) is 2. The van der Waals surface area contributed by atoms with Crippen LogP contribution in [-0.2, 0) is 24.2 Å². The quantitative estimate of drug-likeness (QED) is 0.850. The van der Waals surface area contributed by atoms with Gasteiger partial charge in [0.2, 0.25) is 5.91 Å². The molecule has 0 bridgehead atoms. The Morgan fingerprint density at radius 1 is 1.24 bits per heavy atom. The first-order valence-corrected chi connectivity index (χ1v) is 7.20. The Hall–Kier alpha value is -2.20. The summed E-state index contributed by atoms with van der Waals surface area (Å²) < 4.78 is 0. The summed E-state index contributed by atoms with van der Waals surface area (Å²) >= 11 is 0. The number of nitrogens with zero attached hydrogens (tertiary/aromatic N) is 1. The van der Waals surface area contributed by atoms with Gasteiger partial charge in [-0.05, 0) is 30.0 Å². The molecule has 4 nitrogen and oxygen atoms in total. The molecule has 110 valence electrons. The summed E-state index contributed by atoms with van der Waals surface area (Å²) in [5.41, 5.74) is 9.06. The van der Waals surface area contributed by atoms with E-state index in [4.69, 9.17) is 5.73 Å². The van der Waals surface area contributed by atoms with Gasteiger partial charge < -0.3 is 11.1 Å². The van der Waals surface area contributed by atoms with Crippen LogP contribution in [-0.4, -0.2) is 16.9 Å². The van der Waals surface area contributed by atoms with Crippen molar-refractivity contribution in [1.29, 1.82) is 0 Å². The molecule has 0 saturated heterocycles. The SMILES string of the molecule is CCc1cccnc1CNC(=O)[C@H](N)Cc1ccccc1. The fraction of sp³-hybridized carbons (Fsp3) is 0.294. The fourth-order valence-electron chi connectivity index (χ4n) is 2.22. The molecule has 0 aliphatic heterocycles. The number of amides is 1. The number of rotatable bonds is 6. The van der Waals surface area contributed by atoms with Gasteiger partial charge in [-0.3, -0.25) is 9.78 Å². The summed E-state index contributed by atoms with van der Waals surface area (Å²) in [5.74, 6) is -0.147. The minimum absolute atomic E-state index is 0.147. The van der Waals surface area contributed by atoms with Gasteiger partial charge in [0, 0.05) is 6.20 Å². The summed E-state index contributed by atoms with van der Waals surface area (Å²) in [6.45, 7) is 2.49. The zero-order valence-electron chi connectivity index (χ0n) is 12.3. The summed E-state index contributed by atoms with van der Waals surface area (Å²) in [6.07, 6.45) is 3.18. The molecule has 4 heteroatoms. The maximum absolute atomic E-state index is 12.1. The van der Waals surface area contributed by atoms with Crippen molar-refractivity contribution in [2.45, 2.75) is 32.4 Å². The predicted molar refractivity (Wildman–Crippen MR) is 83.6 cm³/mol. The first kappa shape index (κ1) is 15.2. The number of carbonyl (C=O) groups is 1. The second-order valence-corrected chi connectivity index (χ2v) is 4.98. The van der Waals surface area contributed by atoms with E-state index >= 15 is 0 Å². The number of carbonyl (C=O) groups excluding carboxylic acids is 1. The summed E-state index contributed by atoms with van der Waals surface area (Å²) in [6, 6.07) is 13.2. The highest BCUT2D eigenvalue weighted by molar-refractivity contribution is 5.81. The Morgan fingerprint density at radius 3 is 2.71 bits per heavy atom. The van der Waals surface area contributed by atoms with Crippen LogP contribution in [0, 0.1) is 0 Å². The van der Waals surface area contributed by atoms with Gasteiger partial charge in [-0.15, -0.1) is 0 Å². The average Bonchev–Trinajstić information content (AvgIpc) is 2.53. The molecule has 21 heavy (non-hydrogen) atoms. The molecule has 0 radical (unpaired) electrons. The van der Waals surface area contributed by atoms with Crippen molar-refractivity contribution in [3.05, 3.63) is 65.5 Å². The molecule has 1 atom stereocenters. The minimum Gasteiger partial charge on any atom is -0.349 e. The molecule has 0 aliphatic rings. The summed E-state index contributed by atoms with van der Waals surface area (Å²) in [4.78, 5) is 16.4. The highest BCUT2D eigenvalue weighted by Crippen LogP contribution is 2.06. The van der Waals surface area contributed by atoms with E-state index in [0.29, 0.717) is 13.0 Å². The van der Waals surface area contributed by atoms with Gasteiger partial charge in [-0.2, -0.15) is 0 Å². The van der Waals surface area contributed by atoms with E-state index < -0.39 is 6.04 Å². The third-order valence-corrected chi connectivity index (χ3v) is 3.43. The van der Waals surface area contributed by atoms with Crippen LogP contribution in [0.4, 0.5) is 0 Å². The highest BCUT2D eigenvalue weighted by atomic mass is 16.2. The van der Waals surface area contributed by atoms with Crippen LogP contribution in [0.25, 0.3) is 0 Å². The second kappa shape index (κ2) is 7.55. The van der Waals surface area contributed by atoms with E-state index in [0.717, 1.165) is 23.2 Å². The lowest BCUT2D eigenvalue weighted by atomic mass is 10.1. The number of nitrogens with two attached hydrogens (primary N) is 1. The lowest BCUT2D eigenvalue weighted by Crippen LogP contribution is -2.41. The van der Waals surface area contributed by atoms with E-state index in [1.165, 1.54) is 0 Å². The number of hydrogen-bond acceptors (Lipinski definition) is 3. The second-order valence-electron chi connectivity index (χ2n) is 4.98. The van der Waals surface area contributed by atoms with Gasteiger partial charge >= 0.3 is 0 Å². The van der Waals surface area contributed by atoms with Gasteiger partial charge in [-0.1, -0.05) is 43.3 Å². The van der Waals surface area contributed by atoms with Crippen molar-refractivity contribution in [3.63, 3.8) is 0 Å². The van der Waals surface area contributed by atoms with Crippen molar-refractivity contribution in [2.24, 2.45) is 5.73 Å². The van der Waals surface area contributed by atoms with E-state index in [1.807, 2.05) is 42.5 Å². The Kier molecular flexibility index (Phi) is 5.46. The Balaban J connectivity index is 1.89. The molecule has 0 fully saturated rings. The van der Waals surface area contributed by atoms with Crippen LogP contribution in [0.15, 0.2) is 48.7 Å². The zero-order valence-corrected chi connectivity index (χ0v) is 12.3. The first-order chi connectivity index (χ1) is 10.2. The lowest BCUT2D eigenvalue weighted by Gasteiger charge is -2.13. The molecule has 1 aromatic heterocycles. The van der Waals surface area contributed by atoms with E-state index in [1.54, 1.807) is 6.20 Å². The van der Waals surface area contributed by atoms with Crippen molar-refractivity contribution < 1.29 is 4.79 Å². The number of aryl methyl sites for hydroxylation is 1. The first-order valence-electron chi connectivity index (χ1n) is 7.20. The molecule has 0 saturated carbocycles. The number of aromatic nitrogens is 1. The van der Waals surface area contributed by atoms with Crippen molar-refractivity contribution in [2.75, 3.05) is 0 Å². The third kappa shape index (κ3) is 4.39. The van der Waals surface area contributed by atoms with Crippen LogP contribution < -0.4 is 11.1 Å². The maximum atomic E-state index is 12.1. The largest absolute Gasteiger partial charge is 0.349 e. The topological polar surface area (TPSA) is 68.0 Å². The molecule has 0 unspecified atom stereocenters. The molecule has 3 N–H and O–H groups in total. The van der Waals surface area contributed by atoms with Crippen molar-refractivity contribution >= 4 is 5.91 Å². The summed E-state index contributed by atoms with van der Waals surface area (Å²) in [7, 11) is 0. The van der Waals surface area contributed by atoms with Crippen LogP contribution in [0.1, 0.15) is 23.7 Å². The maximum Gasteiger partial charge on any atom is 0.237 e. The standard InChI is InChI=1S/C17H21N3O/c1-2-14-9-6-10-19-16(14)12-20-17(21)15(18)11-13-7-4-3-5-8-13/h3-10,15H,2,11-12,18H2,1H3,(H,20,21)/t15-/m1/s1. The van der Waals surface area contributed by atoms with E-state index in [9.17, 15) is 4.79 Å². The number of nitrogens with one attached hydrogen (secondary N) is 1. The van der Waals surface area contributed by atoms with Crippen LogP contribution in [0.5, 0.6) is 0 Å². The van der Waals surface area contributed by atoms with E-state index in [2.05, 4.69) is 17.2 Å². The Morgan fingerprint density at radius 2 is 2.00 bits per heavy atom. The summed E-state index contributed by atoms with van der Waals surface area (Å²) in [5, 5.41) is 2.87. The smallest absolute Gasteiger partial charge is 0.237 e. The molecule has 0 aliphatic carbocycles. The van der Waals surface area contributed by atoms with Crippen molar-refractivity contribution in [1.82, 2.24) is 10.3 Å². The third-order valence-electron chi connectivity index (χ3n) is 3.43. The van der Waals surface area contributed by atoms with Gasteiger partial charge in [-0.25, -0.2) is 0 Å². The minimum atomic E-state index is -0.541. The van der Waals surface area contributed by atoms with Crippen molar-refractivity contribution in [3.8, 4) is 0 Å². The van der Waals surface area contributed by atoms with Crippen LogP contribution in [0.3, 0.4) is 0 Å². The molecular formula is C17H21N3O. The molecule has 2 aromatic rings. The molecular weight excluding hydrogens is 262 g/mol. The molecule has 1 amide bonds. The Labute approximate surface area is 125 Å². The van der Waals surface area contributed by atoms with Gasteiger partial charge in [0.25, 0.3) is 0 Å². The van der Waals surface area contributed by atoms with E-state index in [-0.39, 0.29) is 5.91 Å². The predicted octanol–water partition coefficient (Wildman–Crippen LogP) is 1.83. The van der Waals surface area contributed by atoms with Gasteiger partial charge in [0.1, 0.15) is 0 Å². The van der Waals surface area contributed by atoms with Gasteiger partial charge in [0.05, 0.1) is 18.3 Å². The molecule has 1 aromatic carbocycles. The molecule has 1 heterocycles. The Bertz CT molecular complexity index is 584. The van der Waals surface area contributed by atoms with Gasteiger partial charge in [0.15, 0.2) is 0 Å². The van der Waals surface area contributed by atoms with Crippen LogP contribution in [0.2, 0.25) is 0 Å². The highest BCUT2D eigenvalue weighted by Gasteiger charge is 2.14. The average molecular weight is 283 g/mol.